The second-order valence-electron chi connectivity index (χ2n) is 1.93. The van der Waals surface area contributed by atoms with Crippen LogP contribution < -0.4 is 5.73 Å². The normalized spacial score (nSPS) is 12.9. The summed E-state index contributed by atoms with van der Waals surface area (Å²) in [5.74, 6) is -0.912. The highest BCUT2D eigenvalue weighted by molar-refractivity contribution is 5.52. The predicted octanol–water partition coefficient (Wildman–Crippen LogP) is 1.35. The van der Waals surface area contributed by atoms with E-state index in [-0.39, 0.29) is 0 Å². The summed E-state index contributed by atoms with van der Waals surface area (Å²) < 4.78 is 34.0. The average molecular weight is 171 g/mol. The highest BCUT2D eigenvalue weighted by Gasteiger charge is 2.29. The largest absolute Gasteiger partial charge is 0.389 e. The molecule has 0 spiro atoms. The first kappa shape index (κ1) is 13.0. The molecular weight excluding hydrogens is 159 g/mol. The van der Waals surface area contributed by atoms with Crippen LogP contribution in [0.2, 0.25) is 0 Å². The summed E-state index contributed by atoms with van der Waals surface area (Å²) in [5, 5.41) is 0. The number of aldehydes is 1. The predicted molar refractivity (Wildman–Crippen MR) is 36.0 cm³/mol. The van der Waals surface area contributed by atoms with Gasteiger partial charge in [-0.3, -0.25) is 0 Å². The van der Waals surface area contributed by atoms with Gasteiger partial charge in [0.2, 0.25) is 0 Å². The van der Waals surface area contributed by atoms with Crippen molar-refractivity contribution in [2.75, 3.05) is 7.05 Å². The van der Waals surface area contributed by atoms with E-state index in [2.05, 4.69) is 5.73 Å². The molecule has 0 amide bonds. The van der Waals surface area contributed by atoms with E-state index in [4.69, 9.17) is 0 Å². The number of carbonyl (C=O) groups is 1. The van der Waals surface area contributed by atoms with Crippen LogP contribution in [0.1, 0.15) is 13.3 Å². The summed E-state index contributed by atoms with van der Waals surface area (Å²) in [6, 6.07) is 0. The van der Waals surface area contributed by atoms with Crippen molar-refractivity contribution in [3.05, 3.63) is 0 Å². The Labute approximate surface area is 63.6 Å². The molecule has 0 fully saturated rings. The van der Waals surface area contributed by atoms with Crippen LogP contribution in [0.15, 0.2) is 0 Å². The van der Waals surface area contributed by atoms with Crippen LogP contribution in [0.4, 0.5) is 13.2 Å². The first-order valence-corrected chi connectivity index (χ1v) is 3.05. The van der Waals surface area contributed by atoms with Crippen molar-refractivity contribution >= 4 is 6.29 Å². The zero-order valence-electron chi connectivity index (χ0n) is 6.48. The lowest BCUT2D eigenvalue weighted by molar-refractivity contribution is -0.147. The molecule has 0 aliphatic rings. The summed E-state index contributed by atoms with van der Waals surface area (Å²) in [5.41, 5.74) is 4.50. The van der Waals surface area contributed by atoms with E-state index in [1.807, 2.05) is 0 Å². The smallest absolute Gasteiger partial charge is 0.333 e. The molecule has 0 heterocycles. The molecule has 0 bridgehead atoms. The van der Waals surface area contributed by atoms with Gasteiger partial charge in [-0.1, -0.05) is 6.92 Å². The molecule has 0 aliphatic heterocycles. The maximum atomic E-state index is 11.3. The van der Waals surface area contributed by atoms with Gasteiger partial charge >= 0.3 is 6.18 Å². The summed E-state index contributed by atoms with van der Waals surface area (Å²) in [7, 11) is 1.50. The summed E-state index contributed by atoms with van der Waals surface area (Å²) in [6.07, 6.45) is -4.93. The second kappa shape index (κ2) is 6.15. The number of nitrogens with two attached hydrogens (primary N) is 1. The molecule has 11 heavy (non-hydrogen) atoms. The van der Waals surface area contributed by atoms with Crippen LogP contribution in [0.5, 0.6) is 0 Å². The van der Waals surface area contributed by atoms with E-state index < -0.39 is 18.5 Å². The molecule has 0 aliphatic carbocycles. The number of carbonyl (C=O) groups excluding carboxylic acids is 1. The lowest BCUT2D eigenvalue weighted by atomic mass is 10.1. The number of hydrogen-bond acceptors (Lipinski definition) is 2. The molecule has 0 saturated heterocycles. The zero-order valence-corrected chi connectivity index (χ0v) is 6.48. The molecule has 0 aromatic carbocycles. The third-order valence-electron chi connectivity index (χ3n) is 0.786. The van der Waals surface area contributed by atoms with Gasteiger partial charge in [0.05, 0.1) is 6.42 Å². The van der Waals surface area contributed by atoms with Gasteiger partial charge < -0.3 is 10.5 Å². The van der Waals surface area contributed by atoms with Crippen LogP contribution in [0.25, 0.3) is 0 Å². The molecule has 5 heteroatoms. The van der Waals surface area contributed by atoms with Gasteiger partial charge in [-0.2, -0.15) is 13.2 Å². The van der Waals surface area contributed by atoms with E-state index in [9.17, 15) is 18.0 Å². The molecule has 2 nitrogen and oxygen atoms in total. The third-order valence-corrected chi connectivity index (χ3v) is 0.786. The van der Waals surface area contributed by atoms with Crippen LogP contribution >= 0.6 is 0 Å². The van der Waals surface area contributed by atoms with Gasteiger partial charge in [0.1, 0.15) is 6.29 Å². The molecule has 1 unspecified atom stereocenters. The molecule has 0 aromatic rings. The van der Waals surface area contributed by atoms with Gasteiger partial charge in [0.15, 0.2) is 0 Å². The lowest BCUT2D eigenvalue weighted by Gasteiger charge is -2.06. The number of rotatable bonds is 2. The van der Waals surface area contributed by atoms with E-state index in [1.54, 1.807) is 0 Å². The van der Waals surface area contributed by atoms with Crippen molar-refractivity contribution in [2.24, 2.45) is 11.7 Å². The quantitative estimate of drug-likeness (QED) is 0.637. The highest BCUT2D eigenvalue weighted by Crippen LogP contribution is 2.23. The van der Waals surface area contributed by atoms with Gasteiger partial charge in [-0.05, 0) is 7.05 Å². The Morgan fingerprint density at radius 3 is 1.91 bits per heavy atom. The molecule has 0 radical (unpaired) electrons. The Hall–Kier alpha value is -0.580. The van der Waals surface area contributed by atoms with E-state index in [0.29, 0.717) is 6.29 Å². The Bertz CT molecular complexity index is 102. The number of alkyl halides is 3. The molecule has 1 atom stereocenters. The fourth-order valence-electron chi connectivity index (χ4n) is 0.413. The Morgan fingerprint density at radius 1 is 1.45 bits per heavy atom. The van der Waals surface area contributed by atoms with Crippen molar-refractivity contribution in [2.45, 2.75) is 19.5 Å². The highest BCUT2D eigenvalue weighted by atomic mass is 19.4. The minimum absolute atomic E-state index is 0.299. The lowest BCUT2D eigenvalue weighted by Crippen LogP contribution is -2.13. The molecule has 68 valence electrons. The van der Waals surface area contributed by atoms with Crippen molar-refractivity contribution < 1.29 is 18.0 Å². The molecular formula is C6H12F3NO. The molecule has 0 aromatic heterocycles. The van der Waals surface area contributed by atoms with Crippen molar-refractivity contribution in [3.63, 3.8) is 0 Å². The van der Waals surface area contributed by atoms with Crippen LogP contribution in [-0.2, 0) is 4.79 Å². The zero-order chi connectivity index (χ0) is 9.49. The van der Waals surface area contributed by atoms with Crippen molar-refractivity contribution in [1.82, 2.24) is 0 Å². The number of hydrogen-bond donors (Lipinski definition) is 1. The Kier molecular flexibility index (Phi) is 7.29. The average Bonchev–Trinajstić information content (AvgIpc) is 1.89. The van der Waals surface area contributed by atoms with Crippen LogP contribution in [0, 0.1) is 5.92 Å². The van der Waals surface area contributed by atoms with Gasteiger partial charge in [-0.15, -0.1) is 0 Å². The van der Waals surface area contributed by atoms with E-state index in [0.717, 1.165) is 0 Å². The van der Waals surface area contributed by atoms with E-state index in [1.165, 1.54) is 14.0 Å². The maximum Gasteiger partial charge on any atom is 0.389 e. The monoisotopic (exact) mass is 171 g/mol. The minimum atomic E-state index is -4.21. The van der Waals surface area contributed by atoms with Crippen molar-refractivity contribution in [3.8, 4) is 0 Å². The first-order chi connectivity index (χ1) is 4.95. The maximum absolute atomic E-state index is 11.3. The summed E-state index contributed by atoms with van der Waals surface area (Å²) in [4.78, 5) is 9.68. The molecule has 0 saturated carbocycles. The third kappa shape index (κ3) is 12.6. The van der Waals surface area contributed by atoms with Gasteiger partial charge in [0, 0.05) is 5.92 Å². The first-order valence-electron chi connectivity index (χ1n) is 3.05. The molecule has 2 N–H and O–H groups in total. The van der Waals surface area contributed by atoms with Gasteiger partial charge in [-0.25, -0.2) is 0 Å². The topological polar surface area (TPSA) is 43.1 Å². The fourth-order valence-corrected chi connectivity index (χ4v) is 0.413. The summed E-state index contributed by atoms with van der Waals surface area (Å²) in [6.45, 7) is 1.24. The fraction of sp³-hybridized carbons (Fsp3) is 0.833. The minimum Gasteiger partial charge on any atom is -0.333 e. The van der Waals surface area contributed by atoms with Crippen LogP contribution in [-0.4, -0.2) is 19.5 Å². The van der Waals surface area contributed by atoms with E-state index >= 15 is 0 Å². The van der Waals surface area contributed by atoms with Gasteiger partial charge in [0.25, 0.3) is 0 Å². The molecule has 0 rings (SSSR count). The Morgan fingerprint density at radius 2 is 1.82 bits per heavy atom. The summed E-state index contributed by atoms with van der Waals surface area (Å²) >= 11 is 0. The SMILES string of the molecule is CC(C=O)CC(F)(F)F.CN. The second-order valence-corrected chi connectivity index (χ2v) is 1.93. The Balaban J connectivity index is 0. The van der Waals surface area contributed by atoms with Crippen molar-refractivity contribution in [1.29, 1.82) is 0 Å². The van der Waals surface area contributed by atoms with Crippen LogP contribution in [0.3, 0.4) is 0 Å². The number of halogens is 3. The standard InChI is InChI=1S/C5H7F3O.CH5N/c1-4(3-9)2-5(6,7)8;1-2/h3-4H,2H2,1H3;2H2,1H3.